The summed E-state index contributed by atoms with van der Waals surface area (Å²) in [6.45, 7) is 12.3. The van der Waals surface area contributed by atoms with Crippen molar-refractivity contribution in [3.8, 4) is 0 Å². The van der Waals surface area contributed by atoms with Crippen LogP contribution in [0.4, 0.5) is 5.69 Å². The standard InChI is InChI=1S/C30H40N4O3/c1-30(2,3)29(37)33-16-14-32(15-17-33)25-8-9-27-23(18-25)11-13-34(28(27)36)21-26(35)20-31-12-10-22-6-4-5-7-24(22)19-31/h4-9,18,26,35H,10-17,19-21H2,1-3H3. The molecular formula is C30H40N4O3. The van der Waals surface area contributed by atoms with Crippen molar-refractivity contribution >= 4 is 17.5 Å². The normalized spacial score (nSPS) is 19.5. The first-order valence-electron chi connectivity index (χ1n) is 13.6. The van der Waals surface area contributed by atoms with Gasteiger partial charge in [0.05, 0.1) is 6.10 Å². The van der Waals surface area contributed by atoms with Crippen LogP contribution in [-0.4, -0.2) is 90.1 Å². The molecule has 2 aromatic rings. The molecule has 0 spiro atoms. The van der Waals surface area contributed by atoms with Gasteiger partial charge in [0.2, 0.25) is 5.91 Å². The van der Waals surface area contributed by atoms with Gasteiger partial charge in [-0.2, -0.15) is 0 Å². The lowest BCUT2D eigenvalue weighted by molar-refractivity contribution is -0.139. The molecule has 0 aliphatic carbocycles. The van der Waals surface area contributed by atoms with Gasteiger partial charge in [0.25, 0.3) is 5.91 Å². The molecular weight excluding hydrogens is 464 g/mol. The van der Waals surface area contributed by atoms with E-state index in [0.717, 1.165) is 68.9 Å². The Labute approximate surface area is 220 Å². The van der Waals surface area contributed by atoms with Crippen LogP contribution < -0.4 is 4.90 Å². The van der Waals surface area contributed by atoms with Gasteiger partial charge in [-0.25, -0.2) is 0 Å². The zero-order valence-corrected chi connectivity index (χ0v) is 22.4. The fraction of sp³-hybridized carbons (Fsp3) is 0.533. The minimum Gasteiger partial charge on any atom is -0.390 e. The summed E-state index contributed by atoms with van der Waals surface area (Å²) in [5, 5.41) is 10.8. The molecule has 7 nitrogen and oxygen atoms in total. The maximum Gasteiger partial charge on any atom is 0.254 e. The molecule has 1 N–H and O–H groups in total. The minimum absolute atomic E-state index is 0.0106. The molecule has 0 radical (unpaired) electrons. The summed E-state index contributed by atoms with van der Waals surface area (Å²) in [6, 6.07) is 14.6. The van der Waals surface area contributed by atoms with Crippen LogP contribution in [0, 0.1) is 5.41 Å². The smallest absolute Gasteiger partial charge is 0.254 e. The van der Waals surface area contributed by atoms with Crippen LogP contribution in [0.15, 0.2) is 42.5 Å². The Bertz CT molecular complexity index is 1150. The number of β-amino-alcohol motifs (C(OH)–C–C–N with tert-alkyl or cyclic N) is 1. The highest BCUT2D eigenvalue weighted by Gasteiger charge is 2.31. The predicted octanol–water partition coefficient (Wildman–Crippen LogP) is 2.80. The number of aliphatic hydroxyl groups is 1. The first-order chi connectivity index (χ1) is 17.7. The number of fused-ring (bicyclic) bond motifs is 2. The lowest BCUT2D eigenvalue weighted by atomic mass is 9.94. The third-order valence-electron chi connectivity index (χ3n) is 7.94. The van der Waals surface area contributed by atoms with E-state index in [-0.39, 0.29) is 17.2 Å². The average Bonchev–Trinajstić information content (AvgIpc) is 2.89. The molecule has 1 saturated heterocycles. The van der Waals surface area contributed by atoms with E-state index in [1.54, 1.807) is 4.90 Å². The van der Waals surface area contributed by atoms with Gasteiger partial charge in [0.1, 0.15) is 0 Å². The number of anilines is 1. The van der Waals surface area contributed by atoms with Gasteiger partial charge in [0, 0.05) is 75.6 Å². The van der Waals surface area contributed by atoms with E-state index in [9.17, 15) is 14.7 Å². The number of hydrogen-bond acceptors (Lipinski definition) is 5. The third kappa shape index (κ3) is 5.68. The van der Waals surface area contributed by atoms with Crippen LogP contribution in [0.2, 0.25) is 0 Å². The Morgan fingerprint density at radius 3 is 2.32 bits per heavy atom. The number of nitrogens with zero attached hydrogens (tertiary/aromatic N) is 4. The van der Waals surface area contributed by atoms with Crippen LogP contribution in [0.5, 0.6) is 0 Å². The van der Waals surface area contributed by atoms with Crippen molar-refractivity contribution in [3.63, 3.8) is 0 Å². The van der Waals surface area contributed by atoms with Gasteiger partial charge in [-0.3, -0.25) is 14.5 Å². The Hall–Kier alpha value is -2.90. The topological polar surface area (TPSA) is 67.3 Å². The highest BCUT2D eigenvalue weighted by Crippen LogP contribution is 2.27. The molecule has 2 aromatic carbocycles. The second kappa shape index (κ2) is 10.5. The zero-order chi connectivity index (χ0) is 26.2. The maximum absolute atomic E-state index is 13.3. The number of hydrogen-bond donors (Lipinski definition) is 1. The Morgan fingerprint density at radius 2 is 1.59 bits per heavy atom. The number of aliphatic hydroxyl groups excluding tert-OH is 1. The third-order valence-corrected chi connectivity index (χ3v) is 7.94. The second-order valence-corrected chi connectivity index (χ2v) is 11.8. The average molecular weight is 505 g/mol. The van der Waals surface area contributed by atoms with Crippen molar-refractivity contribution in [3.05, 3.63) is 64.7 Å². The van der Waals surface area contributed by atoms with E-state index in [2.05, 4.69) is 40.1 Å². The van der Waals surface area contributed by atoms with E-state index in [1.165, 1.54) is 11.1 Å². The molecule has 0 bridgehead atoms. The second-order valence-electron chi connectivity index (χ2n) is 11.8. The van der Waals surface area contributed by atoms with Crippen LogP contribution >= 0.6 is 0 Å². The fourth-order valence-electron chi connectivity index (χ4n) is 5.86. The van der Waals surface area contributed by atoms with E-state index in [4.69, 9.17) is 0 Å². The van der Waals surface area contributed by atoms with Crippen molar-refractivity contribution in [2.24, 2.45) is 5.41 Å². The van der Waals surface area contributed by atoms with Gasteiger partial charge in [-0.15, -0.1) is 0 Å². The van der Waals surface area contributed by atoms with Crippen LogP contribution in [-0.2, 0) is 24.2 Å². The van der Waals surface area contributed by atoms with E-state index in [0.29, 0.717) is 19.6 Å². The number of benzene rings is 2. The first-order valence-corrected chi connectivity index (χ1v) is 13.6. The van der Waals surface area contributed by atoms with Gasteiger partial charge < -0.3 is 19.8 Å². The molecule has 198 valence electrons. The number of rotatable bonds is 5. The zero-order valence-electron chi connectivity index (χ0n) is 22.4. The maximum atomic E-state index is 13.3. The molecule has 1 atom stereocenters. The molecule has 1 unspecified atom stereocenters. The summed E-state index contributed by atoms with van der Waals surface area (Å²) < 4.78 is 0. The van der Waals surface area contributed by atoms with Crippen molar-refractivity contribution in [2.75, 3.05) is 57.3 Å². The molecule has 0 aromatic heterocycles. The molecule has 0 saturated carbocycles. The quantitative estimate of drug-likeness (QED) is 0.678. The summed E-state index contributed by atoms with van der Waals surface area (Å²) in [5.41, 5.74) is 5.32. The highest BCUT2D eigenvalue weighted by molar-refractivity contribution is 5.97. The predicted molar refractivity (Wildman–Crippen MR) is 146 cm³/mol. The van der Waals surface area contributed by atoms with Crippen molar-refractivity contribution in [1.29, 1.82) is 0 Å². The van der Waals surface area contributed by atoms with Crippen LogP contribution in [0.3, 0.4) is 0 Å². The molecule has 3 aliphatic rings. The van der Waals surface area contributed by atoms with Crippen molar-refractivity contribution in [1.82, 2.24) is 14.7 Å². The monoisotopic (exact) mass is 504 g/mol. The Kier molecular flexibility index (Phi) is 7.28. The number of carbonyl (C=O) groups excluding carboxylic acids is 2. The molecule has 37 heavy (non-hydrogen) atoms. The van der Waals surface area contributed by atoms with Gasteiger partial charge in [-0.1, -0.05) is 45.0 Å². The van der Waals surface area contributed by atoms with Crippen LogP contribution in [0.1, 0.15) is 47.8 Å². The van der Waals surface area contributed by atoms with Crippen molar-refractivity contribution < 1.29 is 14.7 Å². The highest BCUT2D eigenvalue weighted by atomic mass is 16.3. The summed E-state index contributed by atoms with van der Waals surface area (Å²) in [7, 11) is 0. The molecule has 7 heteroatoms. The Morgan fingerprint density at radius 1 is 0.892 bits per heavy atom. The summed E-state index contributed by atoms with van der Waals surface area (Å²) in [6.07, 6.45) is 1.23. The van der Waals surface area contributed by atoms with Gasteiger partial charge >= 0.3 is 0 Å². The van der Waals surface area contributed by atoms with Gasteiger partial charge in [-0.05, 0) is 47.7 Å². The summed E-state index contributed by atoms with van der Waals surface area (Å²) in [5.74, 6) is 0.215. The molecule has 5 rings (SSSR count). The summed E-state index contributed by atoms with van der Waals surface area (Å²) >= 11 is 0. The Balaban J connectivity index is 1.16. The lowest BCUT2D eigenvalue weighted by Gasteiger charge is -2.39. The number of piperazine rings is 1. The molecule has 3 heterocycles. The molecule has 1 fully saturated rings. The fourth-order valence-corrected chi connectivity index (χ4v) is 5.86. The molecule has 2 amide bonds. The number of carbonyl (C=O) groups is 2. The molecule has 3 aliphatic heterocycles. The SMILES string of the molecule is CC(C)(C)C(=O)N1CCN(c2ccc3c(c2)CCN(CC(O)CN2CCc4ccccc4C2)C3=O)CC1. The van der Waals surface area contributed by atoms with E-state index in [1.807, 2.05) is 37.8 Å². The van der Waals surface area contributed by atoms with E-state index < -0.39 is 6.10 Å². The lowest BCUT2D eigenvalue weighted by Crippen LogP contribution is -2.51. The van der Waals surface area contributed by atoms with E-state index >= 15 is 0 Å². The van der Waals surface area contributed by atoms with Crippen LogP contribution in [0.25, 0.3) is 0 Å². The first kappa shape index (κ1) is 25.7. The summed E-state index contributed by atoms with van der Waals surface area (Å²) in [4.78, 5) is 34.2. The number of amides is 2. The van der Waals surface area contributed by atoms with Gasteiger partial charge in [0.15, 0.2) is 0 Å². The minimum atomic E-state index is -0.567. The largest absolute Gasteiger partial charge is 0.390 e. The van der Waals surface area contributed by atoms with Crippen molar-refractivity contribution in [2.45, 2.75) is 46.3 Å².